The zero-order valence-electron chi connectivity index (χ0n) is 18.2. The van der Waals surface area contributed by atoms with E-state index in [2.05, 4.69) is 10.2 Å². The molecule has 0 radical (unpaired) electrons. The number of benzene rings is 1. The Balaban J connectivity index is 1.30. The van der Waals surface area contributed by atoms with Gasteiger partial charge in [0.15, 0.2) is 10.9 Å². The summed E-state index contributed by atoms with van der Waals surface area (Å²) >= 11 is 7.54. The number of nitrogens with zero attached hydrogens (tertiary/aromatic N) is 5. The Bertz CT molecular complexity index is 1160. The van der Waals surface area contributed by atoms with Gasteiger partial charge in [0.2, 0.25) is 17.6 Å². The summed E-state index contributed by atoms with van der Waals surface area (Å²) in [5.74, 6) is 1.80. The highest BCUT2D eigenvalue weighted by atomic mass is 35.5. The van der Waals surface area contributed by atoms with Crippen LogP contribution < -0.4 is 0 Å². The van der Waals surface area contributed by atoms with E-state index in [1.165, 1.54) is 11.8 Å². The lowest BCUT2D eigenvalue weighted by molar-refractivity contribution is -0.142. The molecule has 0 N–H and O–H groups in total. The van der Waals surface area contributed by atoms with Gasteiger partial charge in [0.1, 0.15) is 0 Å². The van der Waals surface area contributed by atoms with Crippen molar-refractivity contribution in [3.05, 3.63) is 47.7 Å². The molecular formula is C23H24ClN5O3S. The molecule has 2 aromatic heterocycles. The predicted molar refractivity (Wildman–Crippen MR) is 125 cm³/mol. The van der Waals surface area contributed by atoms with Gasteiger partial charge in [-0.25, -0.2) is 0 Å². The van der Waals surface area contributed by atoms with Gasteiger partial charge in [0, 0.05) is 36.6 Å². The summed E-state index contributed by atoms with van der Waals surface area (Å²) in [6.45, 7) is 3.71. The second kappa shape index (κ2) is 9.23. The summed E-state index contributed by atoms with van der Waals surface area (Å²) in [5.41, 5.74) is 0.787. The van der Waals surface area contributed by atoms with Crippen LogP contribution in [0.3, 0.4) is 0 Å². The van der Waals surface area contributed by atoms with E-state index in [0.29, 0.717) is 41.4 Å². The molecule has 0 bridgehead atoms. The summed E-state index contributed by atoms with van der Waals surface area (Å²) < 4.78 is 7.38. The van der Waals surface area contributed by atoms with E-state index >= 15 is 0 Å². The Hall–Kier alpha value is -2.78. The minimum Gasteiger partial charge on any atom is -0.461 e. The number of rotatable bonds is 6. The first-order valence-electron chi connectivity index (χ1n) is 11.0. The van der Waals surface area contributed by atoms with Gasteiger partial charge < -0.3 is 14.2 Å². The maximum atomic E-state index is 13.0. The molecular weight excluding hydrogens is 462 g/mol. The van der Waals surface area contributed by atoms with Gasteiger partial charge in [0.05, 0.1) is 17.7 Å². The molecule has 33 heavy (non-hydrogen) atoms. The van der Waals surface area contributed by atoms with Crippen LogP contribution in [0.4, 0.5) is 0 Å². The highest BCUT2D eigenvalue weighted by Gasteiger charge is 2.38. The molecule has 1 saturated carbocycles. The molecule has 172 valence electrons. The fraction of sp³-hybridized carbons (Fsp3) is 0.391. The molecule has 1 atom stereocenters. The molecule has 2 fully saturated rings. The van der Waals surface area contributed by atoms with Gasteiger partial charge in [-0.1, -0.05) is 29.4 Å². The average molecular weight is 486 g/mol. The SMILES string of the molecule is CC1CN(C(=O)CSc2nnc(-c3ccco3)n2-c2cccc(Cl)c2)CCN1C(=O)C1CC1. The van der Waals surface area contributed by atoms with Gasteiger partial charge >= 0.3 is 0 Å². The Kier molecular flexibility index (Phi) is 6.16. The first kappa shape index (κ1) is 22.0. The van der Waals surface area contributed by atoms with Gasteiger partial charge in [-0.2, -0.15) is 0 Å². The Morgan fingerprint density at radius 3 is 2.73 bits per heavy atom. The highest BCUT2D eigenvalue weighted by Crippen LogP contribution is 2.33. The Morgan fingerprint density at radius 1 is 1.18 bits per heavy atom. The largest absolute Gasteiger partial charge is 0.461 e. The van der Waals surface area contributed by atoms with E-state index in [-0.39, 0.29) is 29.5 Å². The minimum absolute atomic E-state index is 0.0190. The van der Waals surface area contributed by atoms with Crippen molar-refractivity contribution >= 4 is 35.2 Å². The maximum Gasteiger partial charge on any atom is 0.233 e. The number of carbonyl (C=O) groups excluding carboxylic acids is 2. The summed E-state index contributed by atoms with van der Waals surface area (Å²) in [6, 6.07) is 11.0. The average Bonchev–Trinajstić information content (AvgIpc) is 3.35. The van der Waals surface area contributed by atoms with Crippen LogP contribution in [-0.4, -0.2) is 67.8 Å². The molecule has 8 nitrogen and oxygen atoms in total. The summed E-state index contributed by atoms with van der Waals surface area (Å²) in [6.07, 6.45) is 3.57. The molecule has 1 aliphatic heterocycles. The fourth-order valence-electron chi connectivity index (χ4n) is 4.07. The topological polar surface area (TPSA) is 84.5 Å². The lowest BCUT2D eigenvalue weighted by Gasteiger charge is -2.40. The van der Waals surface area contributed by atoms with Crippen LogP contribution in [0.15, 0.2) is 52.2 Å². The van der Waals surface area contributed by atoms with Crippen molar-refractivity contribution in [1.29, 1.82) is 0 Å². The predicted octanol–water partition coefficient (Wildman–Crippen LogP) is 3.74. The maximum absolute atomic E-state index is 13.0. The third kappa shape index (κ3) is 4.65. The molecule has 10 heteroatoms. The first-order chi connectivity index (χ1) is 16.0. The minimum atomic E-state index is 0.0190. The molecule has 1 saturated heterocycles. The van der Waals surface area contributed by atoms with Crippen LogP contribution in [0, 0.1) is 5.92 Å². The van der Waals surface area contributed by atoms with Crippen molar-refractivity contribution in [3.63, 3.8) is 0 Å². The van der Waals surface area contributed by atoms with Crippen molar-refractivity contribution in [2.24, 2.45) is 5.92 Å². The Labute approximate surface area is 200 Å². The van der Waals surface area contributed by atoms with Crippen LogP contribution in [0.25, 0.3) is 17.3 Å². The summed E-state index contributed by atoms with van der Waals surface area (Å²) in [4.78, 5) is 29.2. The first-order valence-corrected chi connectivity index (χ1v) is 12.3. The van der Waals surface area contributed by atoms with Crippen LogP contribution in [0.2, 0.25) is 5.02 Å². The smallest absolute Gasteiger partial charge is 0.233 e. The van der Waals surface area contributed by atoms with E-state index in [4.69, 9.17) is 16.0 Å². The van der Waals surface area contributed by atoms with Gasteiger partial charge in [0.25, 0.3) is 0 Å². The lowest BCUT2D eigenvalue weighted by Crippen LogP contribution is -2.56. The molecule has 1 aliphatic carbocycles. The molecule has 2 aliphatic rings. The van der Waals surface area contributed by atoms with E-state index in [9.17, 15) is 9.59 Å². The lowest BCUT2D eigenvalue weighted by atomic mass is 10.1. The number of carbonyl (C=O) groups is 2. The van der Waals surface area contributed by atoms with Crippen molar-refractivity contribution in [3.8, 4) is 17.3 Å². The molecule has 0 spiro atoms. The van der Waals surface area contributed by atoms with E-state index in [1.54, 1.807) is 18.4 Å². The van der Waals surface area contributed by atoms with E-state index in [1.807, 2.05) is 45.6 Å². The number of hydrogen-bond donors (Lipinski definition) is 0. The molecule has 1 aromatic carbocycles. The fourth-order valence-corrected chi connectivity index (χ4v) is 5.11. The zero-order chi connectivity index (χ0) is 22.9. The number of hydrogen-bond acceptors (Lipinski definition) is 6. The van der Waals surface area contributed by atoms with Crippen LogP contribution >= 0.6 is 23.4 Å². The summed E-state index contributed by atoms with van der Waals surface area (Å²) in [7, 11) is 0. The van der Waals surface area contributed by atoms with Crippen molar-refractivity contribution in [2.45, 2.75) is 31.0 Å². The van der Waals surface area contributed by atoms with E-state index in [0.717, 1.165) is 18.5 Å². The second-order valence-corrected chi connectivity index (χ2v) is 9.76. The monoisotopic (exact) mass is 485 g/mol. The standard InChI is InChI=1S/C23H24ClN5O3S/c1-15-13-27(9-10-28(15)22(31)16-7-8-16)20(30)14-33-23-26-25-21(19-6-3-11-32-19)29(23)18-5-2-4-17(24)12-18/h2-6,11-12,15-16H,7-10,13-14H2,1H3. The quantitative estimate of drug-likeness (QED) is 0.494. The van der Waals surface area contributed by atoms with Crippen LogP contribution in [-0.2, 0) is 9.59 Å². The van der Waals surface area contributed by atoms with Gasteiger partial charge in [-0.3, -0.25) is 14.2 Å². The van der Waals surface area contributed by atoms with Crippen LogP contribution in [0.1, 0.15) is 19.8 Å². The summed E-state index contributed by atoms with van der Waals surface area (Å²) in [5, 5.41) is 9.79. The molecule has 5 rings (SSSR count). The van der Waals surface area contributed by atoms with Crippen molar-refractivity contribution < 1.29 is 14.0 Å². The van der Waals surface area contributed by atoms with Crippen LogP contribution in [0.5, 0.6) is 0 Å². The van der Waals surface area contributed by atoms with Crippen molar-refractivity contribution in [2.75, 3.05) is 25.4 Å². The number of furan rings is 1. The number of halogens is 1. The molecule has 1 unspecified atom stereocenters. The highest BCUT2D eigenvalue weighted by molar-refractivity contribution is 7.99. The second-order valence-electron chi connectivity index (χ2n) is 8.38. The number of amides is 2. The zero-order valence-corrected chi connectivity index (χ0v) is 19.8. The van der Waals surface area contributed by atoms with Gasteiger partial charge in [-0.15, -0.1) is 10.2 Å². The third-order valence-corrected chi connectivity index (χ3v) is 7.10. The Morgan fingerprint density at radius 2 is 2.03 bits per heavy atom. The number of thioether (sulfide) groups is 1. The molecule has 3 heterocycles. The van der Waals surface area contributed by atoms with Crippen molar-refractivity contribution in [1.82, 2.24) is 24.6 Å². The number of piperazine rings is 1. The third-order valence-electron chi connectivity index (χ3n) is 5.96. The molecule has 2 amide bonds. The molecule has 3 aromatic rings. The van der Waals surface area contributed by atoms with Gasteiger partial charge in [-0.05, 0) is 50.1 Å². The normalized spacial score (nSPS) is 18.5. The van der Waals surface area contributed by atoms with E-state index < -0.39 is 0 Å². The number of aromatic nitrogens is 3.